The first-order chi connectivity index (χ1) is 10.5. The lowest BCUT2D eigenvalue weighted by atomic mass is 10.0. The van der Waals surface area contributed by atoms with E-state index in [1.807, 2.05) is 12.1 Å². The Kier molecular flexibility index (Phi) is 5.58. The maximum Gasteiger partial charge on any atom is 0.271 e. The molecule has 0 fully saturated rings. The number of amides is 1. The van der Waals surface area contributed by atoms with Gasteiger partial charge in [-0.1, -0.05) is 55.2 Å². The second-order valence-corrected chi connectivity index (χ2v) is 5.96. The van der Waals surface area contributed by atoms with Gasteiger partial charge in [-0.3, -0.25) is 4.79 Å². The average molecular weight is 335 g/mol. The number of halogens is 2. The van der Waals surface area contributed by atoms with Gasteiger partial charge in [0.05, 0.1) is 16.3 Å². The van der Waals surface area contributed by atoms with Crippen molar-refractivity contribution in [1.82, 2.24) is 5.43 Å². The summed E-state index contributed by atoms with van der Waals surface area (Å²) in [6, 6.07) is 12.6. The van der Waals surface area contributed by atoms with Gasteiger partial charge in [0.25, 0.3) is 5.91 Å². The van der Waals surface area contributed by atoms with E-state index in [1.165, 1.54) is 11.8 Å². The van der Waals surface area contributed by atoms with E-state index in [9.17, 15) is 4.79 Å². The van der Waals surface area contributed by atoms with Crippen molar-refractivity contribution in [2.24, 2.45) is 5.10 Å². The van der Waals surface area contributed by atoms with Crippen LogP contribution in [0.1, 0.15) is 41.3 Å². The largest absolute Gasteiger partial charge is 0.271 e. The summed E-state index contributed by atoms with van der Waals surface area (Å²) in [7, 11) is 0. The molecule has 5 heteroatoms. The zero-order chi connectivity index (χ0) is 16.1. The Balaban J connectivity index is 1.99. The Bertz CT molecular complexity index is 694. The molecule has 0 heterocycles. The normalized spacial score (nSPS) is 11.1. The molecule has 0 atom stereocenters. The van der Waals surface area contributed by atoms with Crippen LogP contribution in [-0.2, 0) is 0 Å². The number of carbonyl (C=O) groups is 1. The zero-order valence-corrected chi connectivity index (χ0v) is 13.8. The van der Waals surface area contributed by atoms with Gasteiger partial charge in [-0.05, 0) is 41.3 Å². The van der Waals surface area contributed by atoms with Crippen molar-refractivity contribution < 1.29 is 4.79 Å². The summed E-state index contributed by atoms with van der Waals surface area (Å²) in [6.45, 7) is 4.22. The Morgan fingerprint density at radius 2 is 1.77 bits per heavy atom. The molecule has 0 aliphatic heterocycles. The fourth-order valence-corrected chi connectivity index (χ4v) is 2.15. The fraction of sp³-hybridized carbons (Fsp3) is 0.176. The second kappa shape index (κ2) is 7.43. The van der Waals surface area contributed by atoms with Gasteiger partial charge in [-0.2, -0.15) is 5.10 Å². The molecule has 2 aromatic carbocycles. The number of benzene rings is 2. The standard InChI is InChI=1S/C17H16Cl2N2O/c1-11(2)13-4-6-14(7-5-13)17(22)21-20-10-12-3-8-15(18)16(19)9-12/h3-11H,1-2H3,(H,21,22). The van der Waals surface area contributed by atoms with E-state index >= 15 is 0 Å². The van der Waals surface area contributed by atoms with Gasteiger partial charge in [0.2, 0.25) is 0 Å². The summed E-state index contributed by atoms with van der Waals surface area (Å²) < 4.78 is 0. The molecule has 0 saturated heterocycles. The van der Waals surface area contributed by atoms with Gasteiger partial charge >= 0.3 is 0 Å². The quantitative estimate of drug-likeness (QED) is 0.628. The Hall–Kier alpha value is -1.84. The van der Waals surface area contributed by atoms with Crippen LogP contribution < -0.4 is 5.43 Å². The first-order valence-corrected chi connectivity index (χ1v) is 7.61. The van der Waals surface area contributed by atoms with Crippen LogP contribution >= 0.6 is 23.2 Å². The topological polar surface area (TPSA) is 41.5 Å². The summed E-state index contributed by atoms with van der Waals surface area (Å²) >= 11 is 11.7. The average Bonchev–Trinajstić information content (AvgIpc) is 2.51. The highest BCUT2D eigenvalue weighted by molar-refractivity contribution is 6.42. The highest BCUT2D eigenvalue weighted by Crippen LogP contribution is 2.21. The number of nitrogens with zero attached hydrogens (tertiary/aromatic N) is 1. The van der Waals surface area contributed by atoms with Crippen molar-refractivity contribution in [3.8, 4) is 0 Å². The fourth-order valence-electron chi connectivity index (χ4n) is 1.84. The predicted octanol–water partition coefficient (Wildman–Crippen LogP) is 4.88. The summed E-state index contributed by atoms with van der Waals surface area (Å²) in [4.78, 5) is 12.0. The molecule has 114 valence electrons. The summed E-state index contributed by atoms with van der Waals surface area (Å²) in [5, 5.41) is 4.85. The maximum atomic E-state index is 12.0. The molecular weight excluding hydrogens is 319 g/mol. The first kappa shape index (κ1) is 16.5. The molecule has 0 bridgehead atoms. The van der Waals surface area contributed by atoms with Gasteiger partial charge in [0.1, 0.15) is 0 Å². The maximum absolute atomic E-state index is 12.0. The van der Waals surface area contributed by atoms with Crippen LogP contribution in [-0.4, -0.2) is 12.1 Å². The number of hydrogen-bond acceptors (Lipinski definition) is 2. The molecule has 1 amide bonds. The molecule has 1 N–H and O–H groups in total. The lowest BCUT2D eigenvalue weighted by molar-refractivity contribution is 0.0955. The molecule has 0 aliphatic carbocycles. The van der Waals surface area contributed by atoms with Crippen LogP contribution in [0, 0.1) is 0 Å². The van der Waals surface area contributed by atoms with Gasteiger partial charge in [0.15, 0.2) is 0 Å². The highest BCUT2D eigenvalue weighted by Gasteiger charge is 2.05. The van der Waals surface area contributed by atoms with Crippen LogP contribution in [0.15, 0.2) is 47.6 Å². The lowest BCUT2D eigenvalue weighted by Crippen LogP contribution is -2.17. The van der Waals surface area contributed by atoms with Crippen molar-refractivity contribution in [1.29, 1.82) is 0 Å². The number of carbonyl (C=O) groups excluding carboxylic acids is 1. The summed E-state index contributed by atoms with van der Waals surface area (Å²) in [6.07, 6.45) is 1.52. The Morgan fingerprint density at radius 1 is 1.09 bits per heavy atom. The van der Waals surface area contributed by atoms with E-state index in [0.29, 0.717) is 21.5 Å². The van der Waals surface area contributed by atoms with Gasteiger partial charge in [-0.25, -0.2) is 5.43 Å². The minimum atomic E-state index is -0.258. The molecule has 0 aliphatic rings. The highest BCUT2D eigenvalue weighted by atomic mass is 35.5. The van der Waals surface area contributed by atoms with Crippen LogP contribution in [0.5, 0.6) is 0 Å². The third kappa shape index (κ3) is 4.33. The van der Waals surface area contributed by atoms with Crippen molar-refractivity contribution in [2.75, 3.05) is 0 Å². The van der Waals surface area contributed by atoms with E-state index in [4.69, 9.17) is 23.2 Å². The SMILES string of the molecule is CC(C)c1ccc(C(=O)NN=Cc2ccc(Cl)c(Cl)c2)cc1. The summed E-state index contributed by atoms with van der Waals surface area (Å²) in [5.41, 5.74) is 5.00. The molecule has 2 aromatic rings. The monoisotopic (exact) mass is 334 g/mol. The second-order valence-electron chi connectivity index (χ2n) is 5.15. The number of rotatable bonds is 4. The van der Waals surface area contributed by atoms with E-state index < -0.39 is 0 Å². The van der Waals surface area contributed by atoms with E-state index in [0.717, 1.165) is 5.56 Å². The van der Waals surface area contributed by atoms with Crippen LogP contribution in [0.2, 0.25) is 10.0 Å². The summed E-state index contributed by atoms with van der Waals surface area (Å²) in [5.74, 6) is 0.177. The number of hydrogen-bond donors (Lipinski definition) is 1. The smallest absolute Gasteiger partial charge is 0.267 e. The van der Waals surface area contributed by atoms with Crippen molar-refractivity contribution in [2.45, 2.75) is 19.8 Å². The molecule has 22 heavy (non-hydrogen) atoms. The number of nitrogens with one attached hydrogen (secondary N) is 1. The molecule has 0 spiro atoms. The van der Waals surface area contributed by atoms with Crippen molar-refractivity contribution in [3.63, 3.8) is 0 Å². The molecule has 3 nitrogen and oxygen atoms in total. The van der Waals surface area contributed by atoms with Crippen LogP contribution in [0.25, 0.3) is 0 Å². The molecule has 0 aromatic heterocycles. The third-order valence-electron chi connectivity index (χ3n) is 3.16. The zero-order valence-electron chi connectivity index (χ0n) is 12.3. The molecule has 0 saturated carbocycles. The lowest BCUT2D eigenvalue weighted by Gasteiger charge is -2.06. The molecule has 0 radical (unpaired) electrons. The van der Waals surface area contributed by atoms with Crippen LogP contribution in [0.3, 0.4) is 0 Å². The minimum absolute atomic E-state index is 0.258. The van der Waals surface area contributed by atoms with Crippen molar-refractivity contribution in [3.05, 3.63) is 69.2 Å². The third-order valence-corrected chi connectivity index (χ3v) is 3.90. The van der Waals surface area contributed by atoms with E-state index in [-0.39, 0.29) is 5.91 Å². The first-order valence-electron chi connectivity index (χ1n) is 6.86. The van der Waals surface area contributed by atoms with Crippen LogP contribution in [0.4, 0.5) is 0 Å². The van der Waals surface area contributed by atoms with Gasteiger partial charge < -0.3 is 0 Å². The van der Waals surface area contributed by atoms with Gasteiger partial charge in [-0.15, -0.1) is 0 Å². The van der Waals surface area contributed by atoms with Gasteiger partial charge in [0, 0.05) is 5.56 Å². The Morgan fingerprint density at radius 3 is 2.36 bits per heavy atom. The molecule has 0 unspecified atom stereocenters. The number of hydrazone groups is 1. The van der Waals surface area contributed by atoms with E-state index in [2.05, 4.69) is 24.4 Å². The van der Waals surface area contributed by atoms with E-state index in [1.54, 1.807) is 30.3 Å². The predicted molar refractivity (Wildman–Crippen MR) is 92.1 cm³/mol. The van der Waals surface area contributed by atoms with Crippen molar-refractivity contribution >= 4 is 35.3 Å². The Labute approximate surface area is 139 Å². The minimum Gasteiger partial charge on any atom is -0.267 e. The molecular formula is C17H16Cl2N2O. The molecule has 2 rings (SSSR count).